The topological polar surface area (TPSA) is 48.4 Å². The molecule has 174 valence electrons. The second kappa shape index (κ2) is 10.1. The number of phenols is 1. The maximum Gasteiger partial charge on any atom is 0.120 e. The number of nitrogens with one attached hydrogen (secondary N) is 1. The van der Waals surface area contributed by atoms with Gasteiger partial charge < -0.3 is 10.4 Å². The second-order valence-corrected chi connectivity index (χ2v) is 8.70. The molecular formula is C28H27Cl2N3O. The van der Waals surface area contributed by atoms with E-state index in [-0.39, 0.29) is 12.4 Å². The van der Waals surface area contributed by atoms with E-state index >= 15 is 0 Å². The largest absolute Gasteiger partial charge is 0.508 e. The zero-order valence-corrected chi connectivity index (χ0v) is 20.7. The lowest BCUT2D eigenvalue weighted by molar-refractivity contribution is 0.291. The van der Waals surface area contributed by atoms with Crippen molar-refractivity contribution >= 4 is 68.0 Å². The highest BCUT2D eigenvalue weighted by atomic mass is 35.5. The normalized spacial score (nSPS) is 11.3. The maximum absolute atomic E-state index is 10.5. The number of pyridine rings is 1. The van der Waals surface area contributed by atoms with Gasteiger partial charge in [-0.05, 0) is 66.3 Å². The Balaban J connectivity index is 0.00000274. The highest BCUT2D eigenvalue weighted by molar-refractivity contribution is 6.31. The van der Waals surface area contributed by atoms with Crippen molar-refractivity contribution in [3.8, 4) is 5.75 Å². The van der Waals surface area contributed by atoms with E-state index in [1.54, 1.807) is 6.07 Å². The van der Waals surface area contributed by atoms with Crippen molar-refractivity contribution in [1.82, 2.24) is 9.88 Å². The molecule has 0 aliphatic heterocycles. The number of aromatic hydroxyl groups is 1. The molecule has 1 heterocycles. The molecule has 2 N–H and O–H groups in total. The van der Waals surface area contributed by atoms with Crippen molar-refractivity contribution in [3.63, 3.8) is 0 Å². The summed E-state index contributed by atoms with van der Waals surface area (Å²) in [7, 11) is 0. The van der Waals surface area contributed by atoms with Crippen LogP contribution >= 0.6 is 24.0 Å². The number of fused-ring (bicyclic) bond motifs is 4. The Labute approximate surface area is 210 Å². The molecule has 0 spiro atoms. The van der Waals surface area contributed by atoms with Gasteiger partial charge in [-0.15, -0.1) is 12.4 Å². The average molecular weight is 492 g/mol. The Bertz CT molecular complexity index is 1480. The van der Waals surface area contributed by atoms with Gasteiger partial charge in [0.25, 0.3) is 0 Å². The summed E-state index contributed by atoms with van der Waals surface area (Å²) in [5, 5.41) is 19.2. The van der Waals surface area contributed by atoms with E-state index in [1.807, 2.05) is 30.3 Å². The SMILES string of the molecule is CCN(CC)Cc1cc(Nc2c3ccc(Cl)cc3nc3ccc4ccccc4c23)ccc1O.Cl. The van der Waals surface area contributed by atoms with Crippen LogP contribution in [0.25, 0.3) is 32.6 Å². The van der Waals surface area contributed by atoms with Gasteiger partial charge in [0, 0.05) is 33.6 Å². The van der Waals surface area contributed by atoms with Gasteiger partial charge in [-0.1, -0.05) is 55.8 Å². The molecular weight excluding hydrogens is 465 g/mol. The molecule has 0 aliphatic carbocycles. The molecule has 0 saturated heterocycles. The zero-order chi connectivity index (χ0) is 22.9. The van der Waals surface area contributed by atoms with Gasteiger partial charge in [-0.25, -0.2) is 4.98 Å². The van der Waals surface area contributed by atoms with Crippen molar-refractivity contribution in [3.05, 3.63) is 83.4 Å². The minimum Gasteiger partial charge on any atom is -0.508 e. The first-order valence-electron chi connectivity index (χ1n) is 11.3. The second-order valence-electron chi connectivity index (χ2n) is 8.26. The number of hydrogen-bond donors (Lipinski definition) is 2. The minimum atomic E-state index is 0. The summed E-state index contributed by atoms with van der Waals surface area (Å²) in [5.41, 5.74) is 4.57. The summed E-state index contributed by atoms with van der Waals surface area (Å²) in [6, 6.07) is 24.1. The fourth-order valence-corrected chi connectivity index (χ4v) is 4.61. The Hall–Kier alpha value is -3.05. The number of anilines is 2. The van der Waals surface area contributed by atoms with Crippen LogP contribution in [0, 0.1) is 0 Å². The van der Waals surface area contributed by atoms with Crippen LogP contribution in [-0.2, 0) is 6.54 Å². The Morgan fingerprint density at radius 3 is 2.47 bits per heavy atom. The number of rotatable bonds is 6. The van der Waals surface area contributed by atoms with Crippen LogP contribution in [0.5, 0.6) is 5.75 Å². The molecule has 5 rings (SSSR count). The lowest BCUT2D eigenvalue weighted by Crippen LogP contribution is -2.22. The first-order valence-corrected chi connectivity index (χ1v) is 11.7. The molecule has 0 atom stereocenters. The predicted octanol–water partition coefficient (Wildman–Crippen LogP) is 7.91. The van der Waals surface area contributed by atoms with Crippen molar-refractivity contribution in [1.29, 1.82) is 0 Å². The van der Waals surface area contributed by atoms with Gasteiger partial charge >= 0.3 is 0 Å². The standard InChI is InChI=1S/C28H26ClN3O.ClH/c1-3-32(4-2)17-19-15-21(11-14-26(19)33)30-28-23-12-10-20(29)16-25(23)31-24-13-9-18-7-5-6-8-22(18)27(24)28;/h5-16,33H,3-4,17H2,1-2H3,(H,30,31);1H. The summed E-state index contributed by atoms with van der Waals surface area (Å²) in [4.78, 5) is 7.20. The molecule has 1 aromatic heterocycles. The highest BCUT2D eigenvalue weighted by Crippen LogP contribution is 2.38. The van der Waals surface area contributed by atoms with E-state index in [2.05, 4.69) is 60.5 Å². The van der Waals surface area contributed by atoms with Crippen LogP contribution < -0.4 is 5.32 Å². The van der Waals surface area contributed by atoms with E-state index in [9.17, 15) is 5.11 Å². The van der Waals surface area contributed by atoms with Crippen molar-refractivity contribution in [2.75, 3.05) is 18.4 Å². The fraction of sp³-hybridized carbons (Fsp3) is 0.179. The van der Waals surface area contributed by atoms with Gasteiger partial charge in [0.1, 0.15) is 5.75 Å². The zero-order valence-electron chi connectivity index (χ0n) is 19.2. The van der Waals surface area contributed by atoms with E-state index in [1.165, 1.54) is 0 Å². The average Bonchev–Trinajstić information content (AvgIpc) is 2.83. The van der Waals surface area contributed by atoms with Crippen LogP contribution in [0.15, 0.2) is 72.8 Å². The van der Waals surface area contributed by atoms with Crippen LogP contribution in [0.2, 0.25) is 5.02 Å². The third-order valence-corrected chi connectivity index (χ3v) is 6.50. The molecule has 34 heavy (non-hydrogen) atoms. The summed E-state index contributed by atoms with van der Waals surface area (Å²) in [5.74, 6) is 0.314. The molecule has 0 unspecified atom stereocenters. The molecule has 0 radical (unpaired) electrons. The summed E-state index contributed by atoms with van der Waals surface area (Å²) >= 11 is 6.30. The lowest BCUT2D eigenvalue weighted by Gasteiger charge is -2.20. The van der Waals surface area contributed by atoms with Gasteiger partial charge in [-0.2, -0.15) is 0 Å². The first kappa shape index (κ1) is 24.1. The molecule has 0 amide bonds. The van der Waals surface area contributed by atoms with Crippen LogP contribution in [0.4, 0.5) is 11.4 Å². The van der Waals surface area contributed by atoms with E-state index in [0.29, 0.717) is 17.3 Å². The Morgan fingerprint density at radius 1 is 0.882 bits per heavy atom. The van der Waals surface area contributed by atoms with Gasteiger partial charge in [0.15, 0.2) is 0 Å². The van der Waals surface area contributed by atoms with E-state index in [0.717, 1.165) is 62.6 Å². The summed E-state index contributed by atoms with van der Waals surface area (Å²) in [6.07, 6.45) is 0. The van der Waals surface area contributed by atoms with Crippen molar-refractivity contribution in [2.45, 2.75) is 20.4 Å². The summed E-state index contributed by atoms with van der Waals surface area (Å²) in [6.45, 7) is 6.83. The monoisotopic (exact) mass is 491 g/mol. The predicted molar refractivity (Wildman–Crippen MR) is 147 cm³/mol. The van der Waals surface area contributed by atoms with E-state index in [4.69, 9.17) is 16.6 Å². The lowest BCUT2D eigenvalue weighted by atomic mass is 10.0. The molecule has 0 bridgehead atoms. The number of nitrogens with zero attached hydrogens (tertiary/aromatic N) is 2. The first-order chi connectivity index (χ1) is 16.1. The molecule has 0 fully saturated rings. The number of aromatic nitrogens is 1. The van der Waals surface area contributed by atoms with Gasteiger partial charge in [-0.3, -0.25) is 4.90 Å². The summed E-state index contributed by atoms with van der Waals surface area (Å²) < 4.78 is 0. The van der Waals surface area contributed by atoms with Crippen molar-refractivity contribution in [2.24, 2.45) is 0 Å². The maximum atomic E-state index is 10.5. The van der Waals surface area contributed by atoms with Crippen LogP contribution in [0.3, 0.4) is 0 Å². The highest BCUT2D eigenvalue weighted by Gasteiger charge is 2.14. The van der Waals surface area contributed by atoms with Crippen LogP contribution in [-0.4, -0.2) is 28.1 Å². The van der Waals surface area contributed by atoms with Crippen LogP contribution in [0.1, 0.15) is 19.4 Å². The number of phenolic OH excluding ortho intramolecular Hbond substituents is 1. The quantitative estimate of drug-likeness (QED) is 0.144. The Morgan fingerprint density at radius 2 is 1.68 bits per heavy atom. The molecule has 0 aliphatic rings. The number of hydrogen-bond acceptors (Lipinski definition) is 4. The molecule has 5 aromatic rings. The van der Waals surface area contributed by atoms with Gasteiger partial charge in [0.2, 0.25) is 0 Å². The number of halogens is 2. The molecule has 4 nitrogen and oxygen atoms in total. The molecule has 6 heteroatoms. The third kappa shape index (κ3) is 4.49. The molecule has 0 saturated carbocycles. The minimum absolute atomic E-state index is 0. The number of benzene rings is 4. The molecule has 4 aromatic carbocycles. The smallest absolute Gasteiger partial charge is 0.120 e. The van der Waals surface area contributed by atoms with Gasteiger partial charge in [0.05, 0.1) is 16.7 Å². The third-order valence-electron chi connectivity index (χ3n) is 6.26. The fourth-order valence-electron chi connectivity index (χ4n) is 4.44. The Kier molecular flexibility index (Phi) is 7.13. The van der Waals surface area contributed by atoms with Crippen molar-refractivity contribution < 1.29 is 5.11 Å². The van der Waals surface area contributed by atoms with E-state index < -0.39 is 0 Å².